The minimum absolute atomic E-state index is 0.0141. The first-order chi connectivity index (χ1) is 12.5. The van der Waals surface area contributed by atoms with Crippen LogP contribution in [0.2, 0.25) is 5.02 Å². The molecule has 0 spiro atoms. The summed E-state index contributed by atoms with van der Waals surface area (Å²) in [4.78, 5) is 17.2. The van der Waals surface area contributed by atoms with Gasteiger partial charge in [0.25, 0.3) is 0 Å². The molecule has 1 saturated heterocycles. The lowest BCUT2D eigenvalue weighted by atomic mass is 10.1. The Morgan fingerprint density at radius 1 is 1.08 bits per heavy atom. The average molecular weight is 372 g/mol. The van der Waals surface area contributed by atoms with E-state index >= 15 is 0 Å². The summed E-state index contributed by atoms with van der Waals surface area (Å²) < 4.78 is 0. The van der Waals surface area contributed by atoms with Crippen LogP contribution in [0.15, 0.2) is 42.5 Å². The predicted molar refractivity (Wildman–Crippen MR) is 109 cm³/mol. The smallest absolute Gasteiger partial charge is 0.228 e. The van der Waals surface area contributed by atoms with Gasteiger partial charge in [0.1, 0.15) is 0 Å². The summed E-state index contributed by atoms with van der Waals surface area (Å²) in [7, 11) is 0. The van der Waals surface area contributed by atoms with Crippen LogP contribution in [-0.2, 0) is 11.2 Å². The molecule has 0 saturated carbocycles. The molecule has 1 aliphatic heterocycles. The number of piperazine rings is 1. The van der Waals surface area contributed by atoms with Gasteiger partial charge in [0.2, 0.25) is 5.91 Å². The number of halogens is 1. The largest absolute Gasteiger partial charge is 0.369 e. The number of hydrogen-bond acceptors (Lipinski definition) is 3. The van der Waals surface area contributed by atoms with Crippen LogP contribution in [0, 0.1) is 6.92 Å². The molecule has 0 unspecified atom stereocenters. The van der Waals surface area contributed by atoms with E-state index < -0.39 is 0 Å². The fourth-order valence-corrected chi connectivity index (χ4v) is 3.42. The number of carbonyl (C=O) groups is 1. The second-order valence-corrected chi connectivity index (χ2v) is 7.21. The maximum Gasteiger partial charge on any atom is 0.228 e. The fraction of sp³-hybridized carbons (Fsp3) is 0.381. The van der Waals surface area contributed by atoms with Crippen LogP contribution in [0.3, 0.4) is 0 Å². The lowest BCUT2D eigenvalue weighted by Gasteiger charge is -2.35. The molecule has 1 heterocycles. The van der Waals surface area contributed by atoms with Crippen LogP contribution in [0.25, 0.3) is 0 Å². The predicted octanol–water partition coefficient (Wildman–Crippen LogP) is 3.97. The number of rotatable bonds is 5. The van der Waals surface area contributed by atoms with Crippen molar-refractivity contribution in [1.29, 1.82) is 0 Å². The van der Waals surface area contributed by atoms with E-state index in [-0.39, 0.29) is 5.91 Å². The molecule has 2 aromatic rings. The normalized spacial score (nSPS) is 15.1. The quantitative estimate of drug-likeness (QED) is 0.863. The van der Waals surface area contributed by atoms with E-state index in [2.05, 4.69) is 34.2 Å². The maximum absolute atomic E-state index is 12.3. The zero-order valence-corrected chi connectivity index (χ0v) is 16.2. The number of likely N-dealkylation sites (N-methyl/N-ethyl adjacent to an activating group) is 1. The molecule has 1 fully saturated rings. The van der Waals surface area contributed by atoms with E-state index in [1.807, 2.05) is 37.3 Å². The maximum atomic E-state index is 12.3. The summed E-state index contributed by atoms with van der Waals surface area (Å²) in [6.07, 6.45) is 0.345. The lowest BCUT2D eigenvalue weighted by Crippen LogP contribution is -2.46. The Morgan fingerprint density at radius 3 is 2.38 bits per heavy atom. The van der Waals surface area contributed by atoms with E-state index in [0.717, 1.165) is 49.5 Å². The zero-order chi connectivity index (χ0) is 18.5. The number of aryl methyl sites for hydroxylation is 1. The third-order valence-electron chi connectivity index (χ3n) is 4.95. The van der Waals surface area contributed by atoms with Crippen molar-refractivity contribution in [1.82, 2.24) is 4.90 Å². The molecule has 138 valence electrons. The van der Waals surface area contributed by atoms with E-state index in [9.17, 15) is 4.79 Å². The van der Waals surface area contributed by atoms with Crippen LogP contribution >= 0.6 is 11.6 Å². The first-order valence-corrected chi connectivity index (χ1v) is 9.55. The standard InChI is InChI=1S/C21H26ClN3O/c1-3-24-10-12-25(13-11-24)19-8-9-20(16(2)14-19)23-21(26)15-17-4-6-18(22)7-5-17/h4-9,14H,3,10-13,15H2,1-2H3,(H,23,26). The number of nitrogens with zero attached hydrogens (tertiary/aromatic N) is 2. The molecule has 0 radical (unpaired) electrons. The number of anilines is 2. The monoisotopic (exact) mass is 371 g/mol. The average Bonchev–Trinajstić information content (AvgIpc) is 2.65. The van der Waals surface area contributed by atoms with E-state index in [4.69, 9.17) is 11.6 Å². The van der Waals surface area contributed by atoms with E-state index in [1.54, 1.807) is 0 Å². The Hall–Kier alpha value is -2.04. The van der Waals surface area contributed by atoms with Crippen molar-refractivity contribution in [3.63, 3.8) is 0 Å². The molecular formula is C21H26ClN3O. The molecule has 1 aliphatic rings. The molecule has 4 nitrogen and oxygen atoms in total. The molecule has 0 aromatic heterocycles. The van der Waals surface area contributed by atoms with Gasteiger partial charge in [0, 0.05) is 42.6 Å². The van der Waals surface area contributed by atoms with Gasteiger partial charge in [-0.25, -0.2) is 0 Å². The van der Waals surface area contributed by atoms with Crippen LogP contribution < -0.4 is 10.2 Å². The molecule has 26 heavy (non-hydrogen) atoms. The molecule has 5 heteroatoms. The van der Waals surface area contributed by atoms with Gasteiger partial charge >= 0.3 is 0 Å². The minimum Gasteiger partial charge on any atom is -0.369 e. The third kappa shape index (κ3) is 4.77. The van der Waals surface area contributed by atoms with Crippen LogP contribution in [0.4, 0.5) is 11.4 Å². The van der Waals surface area contributed by atoms with Crippen LogP contribution in [-0.4, -0.2) is 43.5 Å². The molecule has 1 N–H and O–H groups in total. The van der Waals surface area contributed by atoms with Gasteiger partial charge in [0.15, 0.2) is 0 Å². The SMILES string of the molecule is CCN1CCN(c2ccc(NC(=O)Cc3ccc(Cl)cc3)c(C)c2)CC1. The van der Waals surface area contributed by atoms with Crippen molar-refractivity contribution in [2.45, 2.75) is 20.3 Å². The highest BCUT2D eigenvalue weighted by Crippen LogP contribution is 2.24. The van der Waals surface area contributed by atoms with Crippen molar-refractivity contribution in [3.8, 4) is 0 Å². The summed E-state index contributed by atoms with van der Waals surface area (Å²) >= 11 is 5.89. The van der Waals surface area contributed by atoms with E-state index in [1.165, 1.54) is 5.69 Å². The van der Waals surface area contributed by atoms with Crippen molar-refractivity contribution in [2.24, 2.45) is 0 Å². The Balaban J connectivity index is 1.60. The molecule has 2 aromatic carbocycles. The van der Waals surface area contributed by atoms with Crippen molar-refractivity contribution in [3.05, 3.63) is 58.6 Å². The minimum atomic E-state index is -0.0141. The molecule has 0 bridgehead atoms. The lowest BCUT2D eigenvalue weighted by molar-refractivity contribution is -0.115. The van der Waals surface area contributed by atoms with Gasteiger partial charge in [-0.05, 0) is 54.9 Å². The Bertz CT molecular complexity index is 752. The van der Waals surface area contributed by atoms with E-state index in [0.29, 0.717) is 11.4 Å². The number of amides is 1. The third-order valence-corrected chi connectivity index (χ3v) is 5.20. The first-order valence-electron chi connectivity index (χ1n) is 9.17. The molecular weight excluding hydrogens is 346 g/mol. The van der Waals surface area contributed by atoms with Crippen LogP contribution in [0.1, 0.15) is 18.1 Å². The van der Waals surface area contributed by atoms with Gasteiger partial charge in [-0.2, -0.15) is 0 Å². The van der Waals surface area contributed by atoms with Crippen LogP contribution in [0.5, 0.6) is 0 Å². The van der Waals surface area contributed by atoms with Crippen molar-refractivity contribution in [2.75, 3.05) is 42.9 Å². The second-order valence-electron chi connectivity index (χ2n) is 6.77. The Labute approximate surface area is 160 Å². The highest BCUT2D eigenvalue weighted by molar-refractivity contribution is 6.30. The first kappa shape index (κ1) is 18.7. The topological polar surface area (TPSA) is 35.6 Å². The van der Waals surface area contributed by atoms with Gasteiger partial charge in [0.05, 0.1) is 6.42 Å². The van der Waals surface area contributed by atoms with Crippen molar-refractivity contribution < 1.29 is 4.79 Å². The number of benzene rings is 2. The van der Waals surface area contributed by atoms with Gasteiger partial charge in [-0.3, -0.25) is 4.79 Å². The second kappa shape index (κ2) is 8.56. The highest BCUT2D eigenvalue weighted by atomic mass is 35.5. The number of hydrogen-bond donors (Lipinski definition) is 1. The molecule has 0 aliphatic carbocycles. The van der Waals surface area contributed by atoms with Gasteiger partial charge in [-0.1, -0.05) is 30.7 Å². The summed E-state index contributed by atoms with van der Waals surface area (Å²) in [5.74, 6) is -0.0141. The molecule has 0 atom stereocenters. The van der Waals surface area contributed by atoms with Gasteiger partial charge < -0.3 is 15.1 Å². The Morgan fingerprint density at radius 2 is 1.77 bits per heavy atom. The highest BCUT2D eigenvalue weighted by Gasteiger charge is 2.16. The fourth-order valence-electron chi connectivity index (χ4n) is 3.29. The number of carbonyl (C=O) groups excluding carboxylic acids is 1. The summed E-state index contributed by atoms with van der Waals surface area (Å²) in [5.41, 5.74) is 4.15. The zero-order valence-electron chi connectivity index (χ0n) is 15.5. The summed E-state index contributed by atoms with van der Waals surface area (Å²) in [5, 5.41) is 3.70. The molecule has 1 amide bonds. The van der Waals surface area contributed by atoms with Gasteiger partial charge in [-0.15, -0.1) is 0 Å². The number of nitrogens with one attached hydrogen (secondary N) is 1. The summed E-state index contributed by atoms with van der Waals surface area (Å²) in [6.45, 7) is 9.69. The van der Waals surface area contributed by atoms with Crippen molar-refractivity contribution >= 4 is 28.9 Å². The molecule has 3 rings (SSSR count). The summed E-state index contributed by atoms with van der Waals surface area (Å²) in [6, 6.07) is 13.7. The Kier molecular flexibility index (Phi) is 6.17.